The molecule has 5 nitrogen and oxygen atoms in total. The van der Waals surface area contributed by atoms with Crippen LogP contribution in [0.3, 0.4) is 0 Å². The van der Waals surface area contributed by atoms with Gasteiger partial charge in [0.15, 0.2) is 0 Å². The lowest BCUT2D eigenvalue weighted by molar-refractivity contribution is -0.140. The maximum absolute atomic E-state index is 11.9. The molecule has 1 aromatic carbocycles. The second-order valence-electron chi connectivity index (χ2n) is 5.10. The average molecular weight is 278 g/mol. The zero-order chi connectivity index (χ0) is 15.3. The molecule has 0 saturated carbocycles. The molecule has 0 aliphatic heterocycles. The summed E-state index contributed by atoms with van der Waals surface area (Å²) in [5, 5.41) is 14.3. The highest BCUT2D eigenvalue weighted by Gasteiger charge is 2.25. The van der Waals surface area contributed by atoms with Crippen LogP contribution in [0.25, 0.3) is 0 Å². The number of urea groups is 1. The molecule has 0 aliphatic rings. The van der Waals surface area contributed by atoms with Gasteiger partial charge in [-0.3, -0.25) is 0 Å². The van der Waals surface area contributed by atoms with Crippen LogP contribution in [-0.4, -0.2) is 23.1 Å². The SMILES string of the molecule is CCC(C)C(NC(=O)Nc1ccc(C)c(C)c1)C(=O)O. The van der Waals surface area contributed by atoms with Crippen molar-refractivity contribution in [3.63, 3.8) is 0 Å². The van der Waals surface area contributed by atoms with Gasteiger partial charge in [-0.25, -0.2) is 9.59 Å². The van der Waals surface area contributed by atoms with E-state index < -0.39 is 18.0 Å². The Kier molecular flexibility index (Phi) is 5.55. The van der Waals surface area contributed by atoms with Gasteiger partial charge in [-0.15, -0.1) is 0 Å². The molecule has 3 N–H and O–H groups in total. The Morgan fingerprint density at radius 3 is 2.40 bits per heavy atom. The van der Waals surface area contributed by atoms with Gasteiger partial charge in [0.1, 0.15) is 6.04 Å². The molecular formula is C15H22N2O3. The summed E-state index contributed by atoms with van der Waals surface area (Å²) >= 11 is 0. The lowest BCUT2D eigenvalue weighted by Crippen LogP contribution is -2.46. The minimum Gasteiger partial charge on any atom is -0.480 e. The minimum absolute atomic E-state index is 0.127. The van der Waals surface area contributed by atoms with Gasteiger partial charge < -0.3 is 15.7 Å². The molecule has 0 radical (unpaired) electrons. The monoisotopic (exact) mass is 278 g/mol. The molecule has 0 bridgehead atoms. The van der Waals surface area contributed by atoms with Crippen LogP contribution in [-0.2, 0) is 4.79 Å². The van der Waals surface area contributed by atoms with Crippen molar-refractivity contribution < 1.29 is 14.7 Å². The molecule has 0 heterocycles. The van der Waals surface area contributed by atoms with E-state index >= 15 is 0 Å². The zero-order valence-corrected chi connectivity index (χ0v) is 12.4. The van der Waals surface area contributed by atoms with Gasteiger partial charge in [0, 0.05) is 5.69 Å². The predicted molar refractivity (Wildman–Crippen MR) is 78.9 cm³/mol. The Morgan fingerprint density at radius 1 is 1.25 bits per heavy atom. The maximum atomic E-state index is 11.9. The van der Waals surface area contributed by atoms with Crippen molar-refractivity contribution in [3.8, 4) is 0 Å². The zero-order valence-electron chi connectivity index (χ0n) is 12.4. The number of anilines is 1. The van der Waals surface area contributed by atoms with E-state index in [1.807, 2.05) is 32.9 Å². The second-order valence-corrected chi connectivity index (χ2v) is 5.10. The van der Waals surface area contributed by atoms with Crippen LogP contribution in [0.4, 0.5) is 10.5 Å². The fraction of sp³-hybridized carbons (Fsp3) is 0.467. The van der Waals surface area contributed by atoms with Gasteiger partial charge in [0.25, 0.3) is 0 Å². The summed E-state index contributed by atoms with van der Waals surface area (Å²) < 4.78 is 0. The third-order valence-electron chi connectivity index (χ3n) is 3.53. The van der Waals surface area contributed by atoms with Gasteiger partial charge in [0.2, 0.25) is 0 Å². The van der Waals surface area contributed by atoms with E-state index in [1.165, 1.54) is 0 Å². The molecule has 2 unspecified atom stereocenters. The van der Waals surface area contributed by atoms with Crippen molar-refractivity contribution in [2.24, 2.45) is 5.92 Å². The fourth-order valence-electron chi connectivity index (χ4n) is 1.81. The first-order chi connectivity index (χ1) is 9.35. The van der Waals surface area contributed by atoms with E-state index in [0.717, 1.165) is 11.1 Å². The number of carbonyl (C=O) groups is 2. The normalized spacial score (nSPS) is 13.4. The van der Waals surface area contributed by atoms with Crippen LogP contribution in [0.1, 0.15) is 31.4 Å². The van der Waals surface area contributed by atoms with Gasteiger partial charge in [0.05, 0.1) is 0 Å². The lowest BCUT2D eigenvalue weighted by Gasteiger charge is -2.20. The lowest BCUT2D eigenvalue weighted by atomic mass is 9.99. The standard InChI is InChI=1S/C15H22N2O3/c1-5-9(2)13(14(18)19)17-15(20)16-12-7-6-10(3)11(4)8-12/h6-9,13H,5H2,1-4H3,(H,18,19)(H2,16,17,20). The van der Waals surface area contributed by atoms with Crippen LogP contribution in [0.5, 0.6) is 0 Å². The summed E-state index contributed by atoms with van der Waals surface area (Å²) in [5.41, 5.74) is 2.86. The second kappa shape index (κ2) is 6.93. The van der Waals surface area contributed by atoms with Gasteiger partial charge in [-0.1, -0.05) is 26.3 Å². The molecule has 0 saturated heterocycles. The molecule has 20 heavy (non-hydrogen) atoms. The Bertz CT molecular complexity index is 500. The first-order valence-corrected chi connectivity index (χ1v) is 6.72. The molecule has 5 heteroatoms. The van der Waals surface area contributed by atoms with E-state index in [2.05, 4.69) is 10.6 Å². The van der Waals surface area contributed by atoms with E-state index in [-0.39, 0.29) is 5.92 Å². The van der Waals surface area contributed by atoms with E-state index in [4.69, 9.17) is 5.11 Å². The van der Waals surface area contributed by atoms with Crippen molar-refractivity contribution in [2.45, 2.75) is 40.2 Å². The van der Waals surface area contributed by atoms with Gasteiger partial charge >= 0.3 is 12.0 Å². The molecule has 2 atom stereocenters. The van der Waals surface area contributed by atoms with Crippen molar-refractivity contribution in [1.82, 2.24) is 5.32 Å². The molecule has 110 valence electrons. The van der Waals surface area contributed by atoms with Crippen molar-refractivity contribution in [1.29, 1.82) is 0 Å². The fourth-order valence-corrected chi connectivity index (χ4v) is 1.81. The number of aryl methyl sites for hydroxylation is 2. The highest BCUT2D eigenvalue weighted by molar-refractivity contribution is 5.92. The Hall–Kier alpha value is -2.04. The van der Waals surface area contributed by atoms with Gasteiger partial charge in [-0.2, -0.15) is 0 Å². The third kappa shape index (κ3) is 4.26. The quantitative estimate of drug-likeness (QED) is 0.775. The van der Waals surface area contributed by atoms with Crippen LogP contribution in [0.15, 0.2) is 18.2 Å². The Labute approximate surface area is 119 Å². The molecule has 2 amide bonds. The number of nitrogens with one attached hydrogen (secondary N) is 2. The summed E-state index contributed by atoms with van der Waals surface area (Å²) in [6.07, 6.45) is 0.681. The number of carboxylic acid groups (broad SMARTS) is 1. The summed E-state index contributed by atoms with van der Waals surface area (Å²) in [7, 11) is 0. The van der Waals surface area contributed by atoms with Crippen molar-refractivity contribution >= 4 is 17.7 Å². The summed E-state index contributed by atoms with van der Waals surface area (Å²) in [6.45, 7) is 7.64. The number of hydrogen-bond donors (Lipinski definition) is 3. The molecule has 0 fully saturated rings. The van der Waals surface area contributed by atoms with E-state index in [9.17, 15) is 9.59 Å². The first-order valence-electron chi connectivity index (χ1n) is 6.72. The highest BCUT2D eigenvalue weighted by atomic mass is 16.4. The Morgan fingerprint density at radius 2 is 1.90 bits per heavy atom. The predicted octanol–water partition coefficient (Wildman–Crippen LogP) is 2.92. The number of carboxylic acids is 1. The minimum atomic E-state index is -1.02. The number of aliphatic carboxylic acids is 1. The average Bonchev–Trinajstić information content (AvgIpc) is 2.39. The smallest absolute Gasteiger partial charge is 0.326 e. The molecular weight excluding hydrogens is 256 g/mol. The van der Waals surface area contributed by atoms with E-state index in [0.29, 0.717) is 12.1 Å². The van der Waals surface area contributed by atoms with Crippen LogP contribution < -0.4 is 10.6 Å². The molecule has 0 spiro atoms. The van der Waals surface area contributed by atoms with Gasteiger partial charge in [-0.05, 0) is 43.0 Å². The largest absolute Gasteiger partial charge is 0.480 e. The summed E-state index contributed by atoms with van der Waals surface area (Å²) in [5.74, 6) is -1.15. The summed E-state index contributed by atoms with van der Waals surface area (Å²) in [6, 6.07) is 4.18. The highest BCUT2D eigenvalue weighted by Crippen LogP contribution is 2.14. The number of hydrogen-bond acceptors (Lipinski definition) is 2. The van der Waals surface area contributed by atoms with Crippen LogP contribution in [0, 0.1) is 19.8 Å². The number of rotatable bonds is 5. The molecule has 1 rings (SSSR count). The first kappa shape index (κ1) is 16.0. The third-order valence-corrected chi connectivity index (χ3v) is 3.53. The van der Waals surface area contributed by atoms with Crippen molar-refractivity contribution in [2.75, 3.05) is 5.32 Å². The number of benzene rings is 1. The van der Waals surface area contributed by atoms with E-state index in [1.54, 1.807) is 13.0 Å². The van der Waals surface area contributed by atoms with Crippen LogP contribution >= 0.6 is 0 Å². The molecule has 0 aliphatic carbocycles. The summed E-state index contributed by atoms with van der Waals surface area (Å²) in [4.78, 5) is 23.0. The Balaban J connectivity index is 2.70. The van der Waals surface area contributed by atoms with Crippen LogP contribution in [0.2, 0.25) is 0 Å². The molecule has 1 aromatic rings. The number of carbonyl (C=O) groups excluding carboxylic acids is 1. The molecule has 0 aromatic heterocycles. The maximum Gasteiger partial charge on any atom is 0.326 e. The topological polar surface area (TPSA) is 78.4 Å². The van der Waals surface area contributed by atoms with Crippen molar-refractivity contribution in [3.05, 3.63) is 29.3 Å². The number of amides is 2.